The number of carboxylic acids is 1. The molecule has 7 heteroatoms. The number of rotatable bonds is 9. The summed E-state index contributed by atoms with van der Waals surface area (Å²) in [4.78, 5) is 27.7. The topological polar surface area (TPSA) is 88.5 Å². The Morgan fingerprint density at radius 2 is 2.00 bits per heavy atom. The Balaban J connectivity index is 1.42. The van der Waals surface area contributed by atoms with E-state index in [4.69, 9.17) is 9.84 Å². The second-order valence-electron chi connectivity index (χ2n) is 6.36. The minimum atomic E-state index is -0.994. The average Bonchev–Trinajstić information content (AvgIpc) is 3.10. The molecule has 28 heavy (non-hydrogen) atoms. The fraction of sp³-hybridized carbons (Fsp3) is 0.286. The largest absolute Gasteiger partial charge is 0.496 e. The third-order valence-electron chi connectivity index (χ3n) is 4.38. The fourth-order valence-electron chi connectivity index (χ4n) is 2.94. The smallest absolute Gasteiger partial charge is 0.335 e. The molecular weight excluding hydrogens is 376 g/mol. The molecule has 1 heterocycles. The predicted molar refractivity (Wildman–Crippen MR) is 109 cm³/mol. The molecule has 0 spiro atoms. The number of nitrogens with zero attached hydrogens (tertiary/aromatic N) is 1. The number of aromatic carboxylic acids is 1. The molecule has 0 aliphatic heterocycles. The molecule has 0 atom stereocenters. The maximum absolute atomic E-state index is 12.1. The summed E-state index contributed by atoms with van der Waals surface area (Å²) in [6.45, 7) is 0.475. The molecule has 0 aliphatic carbocycles. The number of carboxylic acid groups (broad SMARTS) is 1. The fourth-order valence-corrected chi connectivity index (χ4v) is 3.95. The average molecular weight is 398 g/mol. The van der Waals surface area contributed by atoms with Crippen molar-refractivity contribution in [3.05, 3.63) is 58.6 Å². The van der Waals surface area contributed by atoms with Gasteiger partial charge in [-0.2, -0.15) is 0 Å². The van der Waals surface area contributed by atoms with Gasteiger partial charge in [-0.25, -0.2) is 9.78 Å². The first-order valence-electron chi connectivity index (χ1n) is 9.08. The van der Waals surface area contributed by atoms with E-state index in [1.807, 2.05) is 18.2 Å². The van der Waals surface area contributed by atoms with Crippen molar-refractivity contribution in [2.24, 2.45) is 0 Å². The molecule has 2 N–H and O–H groups in total. The maximum atomic E-state index is 12.1. The van der Waals surface area contributed by atoms with Crippen LogP contribution in [0.3, 0.4) is 0 Å². The molecule has 1 amide bonds. The van der Waals surface area contributed by atoms with E-state index in [9.17, 15) is 9.59 Å². The van der Waals surface area contributed by atoms with Crippen LogP contribution in [-0.4, -0.2) is 35.6 Å². The number of thiazole rings is 1. The second kappa shape index (κ2) is 9.32. The Hall–Kier alpha value is -2.93. The molecule has 0 saturated heterocycles. The van der Waals surface area contributed by atoms with Crippen molar-refractivity contribution in [2.75, 3.05) is 13.7 Å². The van der Waals surface area contributed by atoms with Crippen LogP contribution < -0.4 is 10.1 Å². The van der Waals surface area contributed by atoms with E-state index >= 15 is 0 Å². The Kier molecular flexibility index (Phi) is 6.60. The number of hydrogen-bond acceptors (Lipinski definition) is 5. The van der Waals surface area contributed by atoms with Gasteiger partial charge in [-0.05, 0) is 49.1 Å². The van der Waals surface area contributed by atoms with Gasteiger partial charge in [0.05, 0.1) is 27.9 Å². The lowest BCUT2D eigenvalue weighted by molar-refractivity contribution is -0.121. The summed E-state index contributed by atoms with van der Waals surface area (Å²) >= 11 is 1.67. The Morgan fingerprint density at radius 3 is 2.75 bits per heavy atom. The standard InChI is InChI=1S/C21H22N2O4S/c1-27-17-13-15(21(25)26)10-9-14(17)11-12-22-19(24)7-4-8-20-23-16-5-2-3-6-18(16)28-20/h2-3,5-6,9-10,13H,4,7-8,11-12H2,1H3,(H,22,24)(H,25,26). The summed E-state index contributed by atoms with van der Waals surface area (Å²) in [5, 5.41) is 13.0. The summed E-state index contributed by atoms with van der Waals surface area (Å²) in [6.07, 6.45) is 2.57. The van der Waals surface area contributed by atoms with Crippen LogP contribution >= 0.6 is 11.3 Å². The first-order chi connectivity index (χ1) is 13.6. The number of para-hydroxylation sites is 1. The molecule has 6 nitrogen and oxygen atoms in total. The molecular formula is C21H22N2O4S. The van der Waals surface area contributed by atoms with Crippen LogP contribution in [0, 0.1) is 0 Å². The minimum Gasteiger partial charge on any atom is -0.496 e. The van der Waals surface area contributed by atoms with Gasteiger partial charge < -0.3 is 15.2 Å². The lowest BCUT2D eigenvalue weighted by Crippen LogP contribution is -2.25. The van der Waals surface area contributed by atoms with E-state index in [-0.39, 0.29) is 11.5 Å². The van der Waals surface area contributed by atoms with E-state index in [0.29, 0.717) is 25.1 Å². The lowest BCUT2D eigenvalue weighted by Gasteiger charge is -2.10. The van der Waals surface area contributed by atoms with Gasteiger partial charge in [0.2, 0.25) is 5.91 Å². The van der Waals surface area contributed by atoms with E-state index in [1.54, 1.807) is 23.5 Å². The summed E-state index contributed by atoms with van der Waals surface area (Å²) < 4.78 is 6.42. The second-order valence-corrected chi connectivity index (χ2v) is 7.48. The van der Waals surface area contributed by atoms with Gasteiger partial charge in [0.15, 0.2) is 0 Å². The van der Waals surface area contributed by atoms with Crippen molar-refractivity contribution in [3.8, 4) is 5.75 Å². The molecule has 1 aromatic heterocycles. The summed E-state index contributed by atoms with van der Waals surface area (Å²) in [7, 11) is 1.51. The van der Waals surface area contributed by atoms with E-state index < -0.39 is 5.97 Å². The molecule has 0 radical (unpaired) electrons. The van der Waals surface area contributed by atoms with Crippen molar-refractivity contribution >= 4 is 33.4 Å². The normalized spacial score (nSPS) is 10.8. The molecule has 0 unspecified atom stereocenters. The SMILES string of the molecule is COc1cc(C(=O)O)ccc1CCNC(=O)CCCc1nc2ccccc2s1. The van der Waals surface area contributed by atoms with E-state index in [2.05, 4.69) is 16.4 Å². The van der Waals surface area contributed by atoms with Crippen LogP contribution in [0.15, 0.2) is 42.5 Å². The molecule has 2 aromatic carbocycles. The zero-order valence-electron chi connectivity index (χ0n) is 15.6. The first-order valence-corrected chi connectivity index (χ1v) is 9.90. The van der Waals surface area contributed by atoms with Gasteiger partial charge in [-0.3, -0.25) is 4.79 Å². The van der Waals surface area contributed by atoms with Gasteiger partial charge in [0, 0.05) is 13.0 Å². The number of fused-ring (bicyclic) bond motifs is 1. The number of aryl methyl sites for hydroxylation is 1. The van der Waals surface area contributed by atoms with Crippen molar-refractivity contribution < 1.29 is 19.4 Å². The highest BCUT2D eigenvalue weighted by Crippen LogP contribution is 2.23. The van der Waals surface area contributed by atoms with Gasteiger partial charge in [0.1, 0.15) is 5.75 Å². The lowest BCUT2D eigenvalue weighted by atomic mass is 10.1. The van der Waals surface area contributed by atoms with Crippen molar-refractivity contribution in [1.82, 2.24) is 10.3 Å². The zero-order valence-corrected chi connectivity index (χ0v) is 16.4. The monoisotopic (exact) mass is 398 g/mol. The predicted octanol–water partition coefficient (Wildman–Crippen LogP) is 3.68. The minimum absolute atomic E-state index is 0.00207. The molecule has 0 saturated carbocycles. The molecule has 0 aliphatic rings. The van der Waals surface area contributed by atoms with Gasteiger partial charge in [-0.15, -0.1) is 11.3 Å². The van der Waals surface area contributed by atoms with Crippen molar-refractivity contribution in [3.63, 3.8) is 0 Å². The number of hydrogen-bond donors (Lipinski definition) is 2. The molecule has 0 fully saturated rings. The molecule has 0 bridgehead atoms. The highest BCUT2D eigenvalue weighted by atomic mass is 32.1. The van der Waals surface area contributed by atoms with Crippen molar-refractivity contribution in [2.45, 2.75) is 25.7 Å². The van der Waals surface area contributed by atoms with Crippen LogP contribution in [0.4, 0.5) is 0 Å². The van der Waals surface area contributed by atoms with E-state index in [0.717, 1.165) is 28.9 Å². The highest BCUT2D eigenvalue weighted by molar-refractivity contribution is 7.18. The van der Waals surface area contributed by atoms with Gasteiger partial charge in [0.25, 0.3) is 0 Å². The quantitative estimate of drug-likeness (QED) is 0.574. The van der Waals surface area contributed by atoms with Gasteiger partial charge in [-0.1, -0.05) is 18.2 Å². The number of carbonyl (C=O) groups excluding carboxylic acids is 1. The van der Waals surface area contributed by atoms with E-state index in [1.165, 1.54) is 17.9 Å². The molecule has 3 aromatic rings. The summed E-state index contributed by atoms with van der Waals surface area (Å²) in [5.74, 6) is -0.474. The Bertz CT molecular complexity index is 950. The number of carbonyl (C=O) groups is 2. The van der Waals surface area contributed by atoms with Crippen LogP contribution in [0.2, 0.25) is 0 Å². The number of methoxy groups -OCH3 is 1. The number of aromatic nitrogens is 1. The Morgan fingerprint density at radius 1 is 1.18 bits per heavy atom. The molecule has 146 valence electrons. The molecule has 3 rings (SSSR count). The third kappa shape index (κ3) is 5.07. The first kappa shape index (κ1) is 19.8. The Labute approximate surface area is 167 Å². The summed E-state index contributed by atoms with van der Waals surface area (Å²) in [5.41, 5.74) is 2.05. The number of ether oxygens (including phenoxy) is 1. The third-order valence-corrected chi connectivity index (χ3v) is 5.48. The number of amides is 1. The summed E-state index contributed by atoms with van der Waals surface area (Å²) in [6, 6.07) is 12.8. The van der Waals surface area contributed by atoms with Crippen LogP contribution in [-0.2, 0) is 17.6 Å². The zero-order chi connectivity index (χ0) is 19.9. The highest BCUT2D eigenvalue weighted by Gasteiger charge is 2.10. The number of nitrogens with one attached hydrogen (secondary N) is 1. The van der Waals surface area contributed by atoms with Crippen LogP contribution in [0.1, 0.15) is 33.8 Å². The van der Waals surface area contributed by atoms with Crippen LogP contribution in [0.25, 0.3) is 10.2 Å². The van der Waals surface area contributed by atoms with Crippen LogP contribution in [0.5, 0.6) is 5.75 Å². The maximum Gasteiger partial charge on any atom is 0.335 e. The van der Waals surface area contributed by atoms with Gasteiger partial charge >= 0.3 is 5.97 Å². The number of benzene rings is 2. The van der Waals surface area contributed by atoms with Crippen molar-refractivity contribution in [1.29, 1.82) is 0 Å².